The molecule has 0 unspecified atom stereocenters. The number of rotatable bonds is 5. The SMILES string of the molecule is COc1ccc(CCNc2ccc(Cl)cc2I)cc1. The smallest absolute Gasteiger partial charge is 0.118 e. The number of hydrogen-bond donors (Lipinski definition) is 1. The average Bonchev–Trinajstić information content (AvgIpc) is 2.42. The van der Waals surface area contributed by atoms with Crippen LogP contribution in [0.1, 0.15) is 5.56 Å². The molecular weight excluding hydrogens is 373 g/mol. The molecule has 0 radical (unpaired) electrons. The van der Waals surface area contributed by atoms with Crippen molar-refractivity contribution in [3.05, 3.63) is 56.6 Å². The first-order chi connectivity index (χ1) is 9.19. The molecule has 0 saturated heterocycles. The number of halogens is 2. The van der Waals surface area contributed by atoms with E-state index in [0.717, 1.165) is 33.0 Å². The van der Waals surface area contributed by atoms with Crippen LogP contribution in [-0.4, -0.2) is 13.7 Å². The van der Waals surface area contributed by atoms with Gasteiger partial charge in [0, 0.05) is 20.8 Å². The van der Waals surface area contributed by atoms with Crippen LogP contribution in [0.4, 0.5) is 5.69 Å². The summed E-state index contributed by atoms with van der Waals surface area (Å²) in [4.78, 5) is 0. The van der Waals surface area contributed by atoms with Crippen LogP contribution in [0.25, 0.3) is 0 Å². The van der Waals surface area contributed by atoms with E-state index in [4.69, 9.17) is 16.3 Å². The molecule has 0 aliphatic rings. The third kappa shape index (κ3) is 4.28. The largest absolute Gasteiger partial charge is 0.497 e. The van der Waals surface area contributed by atoms with E-state index in [-0.39, 0.29) is 0 Å². The Bertz CT molecular complexity index is 542. The average molecular weight is 388 g/mol. The van der Waals surface area contributed by atoms with Gasteiger partial charge in [-0.15, -0.1) is 0 Å². The van der Waals surface area contributed by atoms with Gasteiger partial charge in [-0.05, 0) is 64.9 Å². The normalized spacial score (nSPS) is 10.3. The number of anilines is 1. The first-order valence-corrected chi connectivity index (χ1v) is 7.46. The molecule has 0 aromatic heterocycles. The minimum absolute atomic E-state index is 0.769. The molecule has 2 rings (SSSR count). The molecule has 100 valence electrons. The Morgan fingerprint density at radius 3 is 2.53 bits per heavy atom. The molecule has 2 nitrogen and oxygen atoms in total. The van der Waals surface area contributed by atoms with Gasteiger partial charge in [-0.3, -0.25) is 0 Å². The highest BCUT2D eigenvalue weighted by molar-refractivity contribution is 14.1. The van der Waals surface area contributed by atoms with E-state index in [1.807, 2.05) is 30.3 Å². The van der Waals surface area contributed by atoms with Crippen molar-refractivity contribution in [1.29, 1.82) is 0 Å². The molecule has 1 N–H and O–H groups in total. The molecule has 0 spiro atoms. The zero-order valence-corrected chi connectivity index (χ0v) is 13.5. The maximum atomic E-state index is 5.93. The zero-order chi connectivity index (χ0) is 13.7. The molecule has 19 heavy (non-hydrogen) atoms. The minimum atomic E-state index is 0.769. The molecule has 0 amide bonds. The summed E-state index contributed by atoms with van der Waals surface area (Å²) in [6, 6.07) is 14.0. The van der Waals surface area contributed by atoms with E-state index in [0.29, 0.717) is 0 Å². The standard InChI is InChI=1S/C15H15ClINO/c1-19-13-5-2-11(3-6-13)8-9-18-15-7-4-12(16)10-14(15)17/h2-7,10,18H,8-9H2,1H3. The van der Waals surface area contributed by atoms with Crippen molar-refractivity contribution in [3.63, 3.8) is 0 Å². The predicted molar refractivity (Wildman–Crippen MR) is 89.4 cm³/mol. The third-order valence-electron chi connectivity index (χ3n) is 2.82. The second-order valence-corrected chi connectivity index (χ2v) is 5.75. The van der Waals surface area contributed by atoms with Crippen LogP contribution in [0, 0.1) is 3.57 Å². The van der Waals surface area contributed by atoms with Crippen LogP contribution in [0.15, 0.2) is 42.5 Å². The number of benzene rings is 2. The molecule has 2 aromatic carbocycles. The van der Waals surface area contributed by atoms with Crippen molar-refractivity contribution in [2.24, 2.45) is 0 Å². The number of hydrogen-bond acceptors (Lipinski definition) is 2. The summed E-state index contributed by atoms with van der Waals surface area (Å²) < 4.78 is 6.28. The lowest BCUT2D eigenvalue weighted by Gasteiger charge is -2.09. The van der Waals surface area contributed by atoms with Gasteiger partial charge >= 0.3 is 0 Å². The first kappa shape index (κ1) is 14.5. The maximum Gasteiger partial charge on any atom is 0.118 e. The fourth-order valence-electron chi connectivity index (χ4n) is 1.77. The monoisotopic (exact) mass is 387 g/mol. The summed E-state index contributed by atoms with van der Waals surface area (Å²) in [6.45, 7) is 0.893. The lowest BCUT2D eigenvalue weighted by Crippen LogP contribution is -2.05. The van der Waals surface area contributed by atoms with E-state index in [2.05, 4.69) is 40.0 Å². The van der Waals surface area contributed by atoms with Gasteiger partial charge in [0.1, 0.15) is 5.75 Å². The van der Waals surface area contributed by atoms with E-state index >= 15 is 0 Å². The van der Waals surface area contributed by atoms with Crippen LogP contribution in [0.2, 0.25) is 5.02 Å². The van der Waals surface area contributed by atoms with Gasteiger partial charge in [-0.25, -0.2) is 0 Å². The summed E-state index contributed by atoms with van der Waals surface area (Å²) in [5.41, 5.74) is 2.41. The van der Waals surface area contributed by atoms with Gasteiger partial charge in [0.05, 0.1) is 7.11 Å². The number of ether oxygens (including phenoxy) is 1. The fraction of sp³-hybridized carbons (Fsp3) is 0.200. The highest BCUT2D eigenvalue weighted by Crippen LogP contribution is 2.22. The van der Waals surface area contributed by atoms with Gasteiger partial charge < -0.3 is 10.1 Å². The molecule has 0 aliphatic carbocycles. The highest BCUT2D eigenvalue weighted by Gasteiger charge is 2.00. The Morgan fingerprint density at radius 2 is 1.89 bits per heavy atom. The first-order valence-electron chi connectivity index (χ1n) is 6.01. The van der Waals surface area contributed by atoms with Gasteiger partial charge in [0.25, 0.3) is 0 Å². The molecule has 2 aromatic rings. The Morgan fingerprint density at radius 1 is 1.16 bits per heavy atom. The molecule has 0 saturated carbocycles. The number of nitrogens with one attached hydrogen (secondary N) is 1. The second-order valence-electron chi connectivity index (χ2n) is 4.15. The summed E-state index contributed by atoms with van der Waals surface area (Å²) >= 11 is 8.22. The summed E-state index contributed by atoms with van der Waals surface area (Å²) in [5, 5.41) is 4.19. The van der Waals surface area contributed by atoms with Crippen LogP contribution in [-0.2, 0) is 6.42 Å². The highest BCUT2D eigenvalue weighted by atomic mass is 127. The van der Waals surface area contributed by atoms with Gasteiger partial charge in [0.2, 0.25) is 0 Å². The minimum Gasteiger partial charge on any atom is -0.497 e. The van der Waals surface area contributed by atoms with Crippen LogP contribution in [0.3, 0.4) is 0 Å². The van der Waals surface area contributed by atoms with E-state index < -0.39 is 0 Å². The van der Waals surface area contributed by atoms with Crippen molar-refractivity contribution >= 4 is 39.9 Å². The Labute approximate surface area is 132 Å². The quantitative estimate of drug-likeness (QED) is 0.757. The maximum absolute atomic E-state index is 5.93. The van der Waals surface area contributed by atoms with Crippen molar-refractivity contribution in [2.75, 3.05) is 19.0 Å². The summed E-state index contributed by atoms with van der Waals surface area (Å²) in [7, 11) is 1.68. The molecule has 0 aliphatic heterocycles. The molecular formula is C15H15ClINO. The van der Waals surface area contributed by atoms with Gasteiger partial charge in [-0.2, -0.15) is 0 Å². The molecule has 0 heterocycles. The Kier molecular flexibility index (Phi) is 5.34. The van der Waals surface area contributed by atoms with Crippen LogP contribution >= 0.6 is 34.2 Å². The molecule has 0 bridgehead atoms. The molecule has 0 fully saturated rings. The van der Waals surface area contributed by atoms with Crippen molar-refractivity contribution in [1.82, 2.24) is 0 Å². The number of methoxy groups -OCH3 is 1. The summed E-state index contributed by atoms with van der Waals surface area (Å²) in [6.07, 6.45) is 0.975. The van der Waals surface area contributed by atoms with Crippen molar-refractivity contribution in [2.45, 2.75) is 6.42 Å². The van der Waals surface area contributed by atoms with Crippen molar-refractivity contribution in [3.8, 4) is 5.75 Å². The Hall–Kier alpha value is -0.940. The van der Waals surface area contributed by atoms with Gasteiger partial charge in [0.15, 0.2) is 0 Å². The van der Waals surface area contributed by atoms with Gasteiger partial charge in [-0.1, -0.05) is 23.7 Å². The third-order valence-corrected chi connectivity index (χ3v) is 3.95. The predicted octanol–water partition coefficient (Wildman–Crippen LogP) is 4.61. The van der Waals surface area contributed by atoms with E-state index in [1.54, 1.807) is 7.11 Å². The zero-order valence-electron chi connectivity index (χ0n) is 10.6. The van der Waals surface area contributed by atoms with E-state index in [9.17, 15) is 0 Å². The van der Waals surface area contributed by atoms with Crippen LogP contribution in [0.5, 0.6) is 5.75 Å². The summed E-state index contributed by atoms with van der Waals surface area (Å²) in [5.74, 6) is 0.893. The Balaban J connectivity index is 1.88. The second kappa shape index (κ2) is 7.01. The molecule has 4 heteroatoms. The lowest BCUT2D eigenvalue weighted by molar-refractivity contribution is 0.414. The lowest BCUT2D eigenvalue weighted by atomic mass is 10.1. The van der Waals surface area contributed by atoms with Crippen molar-refractivity contribution < 1.29 is 4.74 Å². The topological polar surface area (TPSA) is 21.3 Å². The molecule has 0 atom stereocenters. The van der Waals surface area contributed by atoms with Crippen LogP contribution < -0.4 is 10.1 Å². The van der Waals surface area contributed by atoms with E-state index in [1.165, 1.54) is 5.56 Å². The fourth-order valence-corrected chi connectivity index (χ4v) is 2.83.